The molecular formula is C7H15Si. The standard InChI is InChI=1S/C7H15Si/c1-5-6-7-8(2,3)4/h6-7H,2,5H2,1,3-4H3. The van der Waals surface area contributed by atoms with Gasteiger partial charge >= 0.3 is 0 Å². The van der Waals surface area contributed by atoms with Gasteiger partial charge in [0.2, 0.25) is 0 Å². The first-order chi connectivity index (χ1) is 3.56. The number of allylic oxidation sites excluding steroid dienone is 1. The zero-order valence-corrected chi connectivity index (χ0v) is 7.07. The van der Waals surface area contributed by atoms with Crippen molar-refractivity contribution in [2.45, 2.75) is 26.4 Å². The van der Waals surface area contributed by atoms with E-state index in [4.69, 9.17) is 0 Å². The summed E-state index contributed by atoms with van der Waals surface area (Å²) in [5.41, 5.74) is 2.27. The summed E-state index contributed by atoms with van der Waals surface area (Å²) in [5, 5.41) is 0. The van der Waals surface area contributed by atoms with Crippen LogP contribution in [0.1, 0.15) is 13.3 Å². The molecule has 0 aliphatic heterocycles. The van der Waals surface area contributed by atoms with E-state index in [9.17, 15) is 0 Å². The molecule has 0 spiro atoms. The van der Waals surface area contributed by atoms with Crippen LogP contribution in [-0.2, 0) is 0 Å². The Balaban J connectivity index is 3.52. The maximum Gasteiger partial charge on any atom is 0.0710 e. The highest BCUT2D eigenvalue weighted by atomic mass is 28.3. The molecule has 0 heterocycles. The molecule has 0 aliphatic carbocycles. The van der Waals surface area contributed by atoms with Crippen LogP contribution < -0.4 is 0 Å². The maximum absolute atomic E-state index is 4.06. The summed E-state index contributed by atoms with van der Waals surface area (Å²) in [7, 11) is -1.11. The normalized spacial score (nSPS) is 13.0. The fourth-order valence-electron chi connectivity index (χ4n) is 0.437. The van der Waals surface area contributed by atoms with Crippen molar-refractivity contribution in [3.63, 3.8) is 0 Å². The molecule has 8 heavy (non-hydrogen) atoms. The summed E-state index contributed by atoms with van der Waals surface area (Å²) in [6.07, 6.45) is 3.35. The van der Waals surface area contributed by atoms with E-state index in [1.807, 2.05) is 0 Å². The van der Waals surface area contributed by atoms with Gasteiger partial charge in [-0.2, -0.15) is 0 Å². The highest BCUT2D eigenvalue weighted by molar-refractivity contribution is 6.83. The highest BCUT2D eigenvalue weighted by Crippen LogP contribution is 2.00. The first-order valence-electron chi connectivity index (χ1n) is 3.09. The van der Waals surface area contributed by atoms with E-state index in [0.29, 0.717) is 0 Å². The number of rotatable bonds is 2. The third-order valence-electron chi connectivity index (χ3n) is 0.805. The Kier molecular flexibility index (Phi) is 3.06. The molecule has 0 bridgehead atoms. The topological polar surface area (TPSA) is 0 Å². The minimum absolute atomic E-state index is 1.11. The minimum atomic E-state index is -1.11. The van der Waals surface area contributed by atoms with Crippen molar-refractivity contribution in [3.8, 4) is 0 Å². The van der Waals surface area contributed by atoms with Crippen LogP contribution in [0.4, 0.5) is 0 Å². The summed E-state index contributed by atoms with van der Waals surface area (Å²) in [5.74, 6) is 0. The van der Waals surface area contributed by atoms with Crippen molar-refractivity contribution < 1.29 is 0 Å². The lowest BCUT2D eigenvalue weighted by molar-refractivity contribution is 1.23. The summed E-state index contributed by atoms with van der Waals surface area (Å²) < 4.78 is 0. The van der Waals surface area contributed by atoms with Gasteiger partial charge in [0.15, 0.2) is 0 Å². The molecule has 1 heteroatoms. The minimum Gasteiger partial charge on any atom is -0.0987 e. The van der Waals surface area contributed by atoms with Crippen LogP contribution in [-0.4, -0.2) is 8.07 Å². The Labute approximate surface area is 53.6 Å². The maximum atomic E-state index is 4.06. The Morgan fingerprint density at radius 2 is 2.00 bits per heavy atom. The average Bonchev–Trinajstić information content (AvgIpc) is 1.59. The molecule has 0 aromatic carbocycles. The van der Waals surface area contributed by atoms with Crippen LogP contribution in [0.15, 0.2) is 11.8 Å². The van der Waals surface area contributed by atoms with E-state index in [1.54, 1.807) is 0 Å². The molecular weight excluding hydrogens is 112 g/mol. The molecule has 47 valence electrons. The highest BCUT2D eigenvalue weighted by Gasteiger charge is 2.05. The molecule has 0 N–H and O–H groups in total. The molecule has 0 aliphatic rings. The van der Waals surface area contributed by atoms with Crippen LogP contribution in [0, 0.1) is 6.55 Å². The van der Waals surface area contributed by atoms with Gasteiger partial charge in [-0.25, -0.2) is 0 Å². The summed E-state index contributed by atoms with van der Waals surface area (Å²) >= 11 is 0. The number of hydrogen-bond donors (Lipinski definition) is 0. The first-order valence-corrected chi connectivity index (χ1v) is 6.38. The summed E-state index contributed by atoms with van der Waals surface area (Å²) in [6.45, 7) is 10.7. The van der Waals surface area contributed by atoms with E-state index in [0.717, 1.165) is 6.42 Å². The van der Waals surface area contributed by atoms with Crippen LogP contribution in [0.2, 0.25) is 13.1 Å². The Hall–Kier alpha value is -0.0431. The zero-order valence-electron chi connectivity index (χ0n) is 6.07. The van der Waals surface area contributed by atoms with Gasteiger partial charge in [0.1, 0.15) is 0 Å². The van der Waals surface area contributed by atoms with Gasteiger partial charge in [0, 0.05) is 0 Å². The predicted octanol–water partition coefficient (Wildman–Crippen LogP) is 2.57. The van der Waals surface area contributed by atoms with Gasteiger partial charge < -0.3 is 0 Å². The smallest absolute Gasteiger partial charge is 0.0710 e. The third-order valence-corrected chi connectivity index (χ3v) is 1.94. The van der Waals surface area contributed by atoms with E-state index in [1.165, 1.54) is 0 Å². The van der Waals surface area contributed by atoms with Gasteiger partial charge in [0.05, 0.1) is 8.07 Å². The lowest BCUT2D eigenvalue weighted by atomic mass is 10.5. The second-order valence-electron chi connectivity index (χ2n) is 2.80. The van der Waals surface area contributed by atoms with Crippen LogP contribution in [0.5, 0.6) is 0 Å². The second-order valence-corrected chi connectivity index (χ2v) is 7.11. The average molecular weight is 127 g/mol. The molecule has 0 aromatic heterocycles. The van der Waals surface area contributed by atoms with E-state index in [-0.39, 0.29) is 0 Å². The molecule has 0 unspecified atom stereocenters. The molecule has 1 radical (unpaired) electrons. The molecule has 0 amide bonds. The Bertz CT molecular complexity index is 76.9. The van der Waals surface area contributed by atoms with E-state index in [2.05, 4.69) is 38.3 Å². The monoisotopic (exact) mass is 127 g/mol. The van der Waals surface area contributed by atoms with Crippen molar-refractivity contribution in [2.24, 2.45) is 0 Å². The SMILES string of the molecule is [CH2][Si](C)(C)C=CCC. The molecule has 0 nitrogen and oxygen atoms in total. The molecule has 0 fully saturated rings. The second kappa shape index (κ2) is 3.08. The number of hydrogen-bond acceptors (Lipinski definition) is 0. The molecule has 0 atom stereocenters. The molecule has 0 saturated heterocycles. The summed E-state index contributed by atoms with van der Waals surface area (Å²) in [4.78, 5) is 0. The predicted molar refractivity (Wildman–Crippen MR) is 42.3 cm³/mol. The summed E-state index contributed by atoms with van der Waals surface area (Å²) in [6, 6.07) is 0. The lowest BCUT2D eigenvalue weighted by Crippen LogP contribution is -2.16. The molecule has 0 rings (SSSR count). The van der Waals surface area contributed by atoms with E-state index < -0.39 is 8.07 Å². The Morgan fingerprint density at radius 1 is 1.50 bits per heavy atom. The Morgan fingerprint density at radius 3 is 2.12 bits per heavy atom. The van der Waals surface area contributed by atoms with Crippen molar-refractivity contribution >= 4 is 8.07 Å². The van der Waals surface area contributed by atoms with Gasteiger partial charge in [-0.15, -0.1) is 0 Å². The van der Waals surface area contributed by atoms with Crippen LogP contribution in [0.3, 0.4) is 0 Å². The molecule has 0 aromatic rings. The van der Waals surface area contributed by atoms with Gasteiger partial charge in [-0.05, 0) is 6.42 Å². The zero-order chi connectivity index (χ0) is 6.62. The van der Waals surface area contributed by atoms with Gasteiger partial charge in [-0.3, -0.25) is 0 Å². The van der Waals surface area contributed by atoms with Crippen molar-refractivity contribution in [2.75, 3.05) is 0 Å². The van der Waals surface area contributed by atoms with Crippen molar-refractivity contribution in [1.29, 1.82) is 0 Å². The van der Waals surface area contributed by atoms with Crippen molar-refractivity contribution in [3.05, 3.63) is 18.3 Å². The quantitative estimate of drug-likeness (QED) is 0.500. The van der Waals surface area contributed by atoms with Crippen LogP contribution >= 0.6 is 0 Å². The third kappa shape index (κ3) is 5.96. The first kappa shape index (κ1) is 7.96. The van der Waals surface area contributed by atoms with E-state index >= 15 is 0 Å². The largest absolute Gasteiger partial charge is 0.0987 e. The molecule has 0 saturated carbocycles. The fourth-order valence-corrected chi connectivity index (χ4v) is 1.31. The fraction of sp³-hybridized carbons (Fsp3) is 0.571. The van der Waals surface area contributed by atoms with Gasteiger partial charge in [-0.1, -0.05) is 38.3 Å². The van der Waals surface area contributed by atoms with Gasteiger partial charge in [0.25, 0.3) is 0 Å². The van der Waals surface area contributed by atoms with Crippen LogP contribution in [0.25, 0.3) is 0 Å². The lowest BCUT2D eigenvalue weighted by Gasteiger charge is -2.06. The van der Waals surface area contributed by atoms with Crippen molar-refractivity contribution in [1.82, 2.24) is 0 Å².